The van der Waals surface area contributed by atoms with Gasteiger partial charge in [-0.25, -0.2) is 0 Å². The van der Waals surface area contributed by atoms with Crippen LogP contribution < -0.4 is 0 Å². The van der Waals surface area contributed by atoms with Crippen LogP contribution in [-0.4, -0.2) is 17.4 Å². The lowest BCUT2D eigenvalue weighted by atomic mass is 9.55. The van der Waals surface area contributed by atoms with Gasteiger partial charge in [0.25, 0.3) is 0 Å². The summed E-state index contributed by atoms with van der Waals surface area (Å²) in [5, 5.41) is 11.5. The first-order chi connectivity index (χ1) is 20.4. The van der Waals surface area contributed by atoms with Gasteiger partial charge in [-0.2, -0.15) is 13.2 Å². The zero-order chi connectivity index (χ0) is 30.9. The highest BCUT2D eigenvalue weighted by atomic mass is 19.4. The fourth-order valence-electron chi connectivity index (χ4n) is 10.6. The standard InChI is InChI=1S/C39H61F3O/c1-24(2)30-16-11-28(12-17-30)13-18-31-19-14-29(21-36(31)39(40,41)42)22-37(43)32-15-9-26(4)35(23-32)38-27(5)10-20-33-25(3)7-6-8-34(33)38/h10,13,20,24-26,29-38,43H,5-9,11-12,14-19,21-23H2,1-4H3. The van der Waals surface area contributed by atoms with Crippen LogP contribution in [0.15, 0.2) is 36.0 Å². The average molecular weight is 603 g/mol. The molecule has 11 unspecified atom stereocenters. The van der Waals surface area contributed by atoms with Crippen molar-refractivity contribution in [2.45, 2.75) is 136 Å². The van der Waals surface area contributed by atoms with Gasteiger partial charge >= 0.3 is 6.18 Å². The molecule has 0 radical (unpaired) electrons. The second-order valence-electron chi connectivity index (χ2n) is 16.4. The van der Waals surface area contributed by atoms with Crippen molar-refractivity contribution in [3.63, 3.8) is 0 Å². The Balaban J connectivity index is 1.18. The van der Waals surface area contributed by atoms with E-state index in [4.69, 9.17) is 0 Å². The molecule has 0 bridgehead atoms. The second-order valence-corrected chi connectivity index (χ2v) is 16.4. The summed E-state index contributed by atoms with van der Waals surface area (Å²) in [4.78, 5) is 0. The fraction of sp³-hybridized carbons (Fsp3) is 0.846. The molecular weight excluding hydrogens is 541 g/mol. The van der Waals surface area contributed by atoms with Gasteiger partial charge in [0.05, 0.1) is 12.0 Å². The van der Waals surface area contributed by atoms with E-state index < -0.39 is 18.2 Å². The molecule has 4 heteroatoms. The van der Waals surface area contributed by atoms with Crippen LogP contribution in [0.3, 0.4) is 0 Å². The molecule has 0 aromatic heterocycles. The van der Waals surface area contributed by atoms with E-state index in [1.54, 1.807) is 0 Å². The van der Waals surface area contributed by atoms with Crippen molar-refractivity contribution in [1.82, 2.24) is 0 Å². The second kappa shape index (κ2) is 14.2. The Kier molecular flexibility index (Phi) is 11.0. The minimum atomic E-state index is -4.16. The number of alkyl halides is 3. The topological polar surface area (TPSA) is 20.2 Å². The molecule has 5 aliphatic carbocycles. The van der Waals surface area contributed by atoms with Gasteiger partial charge in [0, 0.05) is 0 Å². The SMILES string of the molecule is C=C1C=CC2C(C)CCCC2C1C1CC(C(O)CC2CCC(CC=C3CCC(C(C)C)CC3)C(C(F)(F)F)C2)CCC1C. The smallest absolute Gasteiger partial charge is 0.392 e. The summed E-state index contributed by atoms with van der Waals surface area (Å²) in [7, 11) is 0. The molecule has 4 fully saturated rings. The molecule has 5 aliphatic rings. The van der Waals surface area contributed by atoms with Crippen molar-refractivity contribution in [2.75, 3.05) is 0 Å². The fourth-order valence-corrected chi connectivity index (χ4v) is 10.6. The molecule has 0 saturated heterocycles. The highest BCUT2D eigenvalue weighted by molar-refractivity contribution is 5.27. The number of aliphatic hydroxyl groups excluding tert-OH is 1. The Hall–Kier alpha value is -1.03. The van der Waals surface area contributed by atoms with Gasteiger partial charge in [0.1, 0.15) is 0 Å². The van der Waals surface area contributed by atoms with Gasteiger partial charge in [0.15, 0.2) is 0 Å². The predicted octanol–water partition coefficient (Wildman–Crippen LogP) is 11.3. The van der Waals surface area contributed by atoms with Gasteiger partial charge in [-0.3, -0.25) is 0 Å². The first kappa shape index (κ1) is 33.3. The van der Waals surface area contributed by atoms with Crippen LogP contribution in [0.25, 0.3) is 0 Å². The first-order valence-corrected chi connectivity index (χ1v) is 18.2. The molecule has 0 aliphatic heterocycles. The van der Waals surface area contributed by atoms with Crippen molar-refractivity contribution >= 4 is 0 Å². The number of hydrogen-bond donors (Lipinski definition) is 1. The van der Waals surface area contributed by atoms with Crippen LogP contribution in [0.2, 0.25) is 0 Å². The van der Waals surface area contributed by atoms with Crippen molar-refractivity contribution in [2.24, 2.45) is 71.0 Å². The number of allylic oxidation sites excluding steroid dienone is 5. The molecule has 0 amide bonds. The molecule has 244 valence electrons. The monoisotopic (exact) mass is 602 g/mol. The van der Waals surface area contributed by atoms with E-state index in [0.717, 1.165) is 50.4 Å². The van der Waals surface area contributed by atoms with Crippen LogP contribution in [0.5, 0.6) is 0 Å². The molecule has 5 rings (SSSR count). The largest absolute Gasteiger partial charge is 0.393 e. The van der Waals surface area contributed by atoms with Gasteiger partial charge in [-0.15, -0.1) is 0 Å². The van der Waals surface area contributed by atoms with Crippen molar-refractivity contribution < 1.29 is 18.3 Å². The lowest BCUT2D eigenvalue weighted by Gasteiger charge is -2.49. The summed E-state index contributed by atoms with van der Waals surface area (Å²) in [6, 6.07) is 0. The van der Waals surface area contributed by atoms with Crippen molar-refractivity contribution in [3.8, 4) is 0 Å². The van der Waals surface area contributed by atoms with E-state index in [-0.39, 0.29) is 24.2 Å². The van der Waals surface area contributed by atoms with Crippen LogP contribution in [0, 0.1) is 71.0 Å². The van der Waals surface area contributed by atoms with E-state index in [1.165, 1.54) is 43.3 Å². The third kappa shape index (κ3) is 7.86. The number of halogens is 3. The maximum absolute atomic E-state index is 14.4. The molecular formula is C39H61F3O. The summed E-state index contributed by atoms with van der Waals surface area (Å²) in [5.74, 6) is 3.73. The third-order valence-electron chi connectivity index (χ3n) is 13.5. The van der Waals surface area contributed by atoms with Crippen molar-refractivity contribution in [3.05, 3.63) is 36.0 Å². The molecule has 43 heavy (non-hydrogen) atoms. The number of hydrogen-bond acceptors (Lipinski definition) is 1. The van der Waals surface area contributed by atoms with Gasteiger partial charge in [-0.1, -0.05) is 89.3 Å². The summed E-state index contributed by atoms with van der Waals surface area (Å²) in [6.07, 6.45) is 16.5. The molecule has 0 aromatic rings. The maximum atomic E-state index is 14.4. The van der Waals surface area contributed by atoms with E-state index in [9.17, 15) is 18.3 Å². The van der Waals surface area contributed by atoms with Gasteiger partial charge in [0.2, 0.25) is 0 Å². The average Bonchev–Trinajstić information content (AvgIpc) is 2.97. The Morgan fingerprint density at radius 2 is 1.65 bits per heavy atom. The van der Waals surface area contributed by atoms with E-state index >= 15 is 0 Å². The van der Waals surface area contributed by atoms with E-state index in [1.807, 2.05) is 0 Å². The Morgan fingerprint density at radius 1 is 0.907 bits per heavy atom. The first-order valence-electron chi connectivity index (χ1n) is 18.2. The van der Waals surface area contributed by atoms with E-state index in [2.05, 4.69) is 52.5 Å². The molecule has 0 aromatic carbocycles. The molecule has 0 heterocycles. The van der Waals surface area contributed by atoms with Crippen molar-refractivity contribution in [1.29, 1.82) is 0 Å². The number of aliphatic hydroxyl groups is 1. The number of fused-ring (bicyclic) bond motifs is 1. The maximum Gasteiger partial charge on any atom is 0.392 e. The third-order valence-corrected chi connectivity index (χ3v) is 13.5. The molecule has 1 N–H and O–H groups in total. The Bertz CT molecular complexity index is 983. The van der Waals surface area contributed by atoms with Gasteiger partial charge in [-0.05, 0) is 136 Å². The van der Waals surface area contributed by atoms with E-state index in [0.29, 0.717) is 54.8 Å². The summed E-state index contributed by atoms with van der Waals surface area (Å²) >= 11 is 0. The Morgan fingerprint density at radius 3 is 2.35 bits per heavy atom. The van der Waals surface area contributed by atoms with Crippen LogP contribution in [0.1, 0.15) is 124 Å². The number of rotatable bonds is 7. The van der Waals surface area contributed by atoms with Crippen LogP contribution >= 0.6 is 0 Å². The summed E-state index contributed by atoms with van der Waals surface area (Å²) < 4.78 is 43.1. The summed E-state index contributed by atoms with van der Waals surface area (Å²) in [6.45, 7) is 13.9. The minimum Gasteiger partial charge on any atom is -0.393 e. The van der Waals surface area contributed by atoms with Gasteiger partial charge < -0.3 is 5.11 Å². The lowest BCUT2D eigenvalue weighted by Crippen LogP contribution is -2.43. The van der Waals surface area contributed by atoms with Crippen LogP contribution in [-0.2, 0) is 0 Å². The summed E-state index contributed by atoms with van der Waals surface area (Å²) in [5.41, 5.74) is 2.67. The zero-order valence-electron chi connectivity index (χ0n) is 27.6. The van der Waals surface area contributed by atoms with Crippen LogP contribution in [0.4, 0.5) is 13.2 Å². The predicted molar refractivity (Wildman–Crippen MR) is 172 cm³/mol. The zero-order valence-corrected chi connectivity index (χ0v) is 27.6. The Labute approximate surface area is 261 Å². The highest BCUT2D eigenvalue weighted by Gasteiger charge is 2.48. The normalized spacial score (nSPS) is 41.7. The quantitative estimate of drug-likeness (QED) is 0.287. The lowest BCUT2D eigenvalue weighted by molar-refractivity contribution is -0.201. The molecule has 0 spiro atoms. The highest BCUT2D eigenvalue weighted by Crippen LogP contribution is 2.53. The molecule has 4 saturated carbocycles. The minimum absolute atomic E-state index is 0.0269. The molecule has 1 nitrogen and oxygen atoms in total. The molecule has 11 atom stereocenters.